The average molecular weight is 431 g/mol. The predicted molar refractivity (Wildman–Crippen MR) is 130 cm³/mol. The number of amides is 1. The molecular formula is C24H25N5O3. The zero-order chi connectivity index (χ0) is 22.7. The highest BCUT2D eigenvalue weighted by Gasteiger charge is 2.15. The van der Waals surface area contributed by atoms with Crippen LogP contribution >= 0.6 is 0 Å². The Balaban J connectivity index is 1.94. The van der Waals surface area contributed by atoms with Gasteiger partial charge in [-0.2, -0.15) is 0 Å². The third-order valence-electron chi connectivity index (χ3n) is 5.25. The van der Waals surface area contributed by atoms with Gasteiger partial charge in [0.1, 0.15) is 0 Å². The Hall–Kier alpha value is -4.04. The number of aromatic nitrogens is 1. The van der Waals surface area contributed by atoms with Crippen molar-refractivity contribution in [3.05, 3.63) is 60.2 Å². The van der Waals surface area contributed by atoms with Crippen LogP contribution in [0.1, 0.15) is 5.56 Å². The lowest BCUT2D eigenvalue weighted by atomic mass is 10.0. The number of rotatable bonds is 6. The molecule has 0 fully saturated rings. The molecule has 1 amide bonds. The molecule has 0 saturated heterocycles. The summed E-state index contributed by atoms with van der Waals surface area (Å²) in [6.45, 7) is -0.170. The molecular weight excluding hydrogens is 406 g/mol. The summed E-state index contributed by atoms with van der Waals surface area (Å²) in [6, 6.07) is 17.3. The summed E-state index contributed by atoms with van der Waals surface area (Å²) in [7, 11) is 5.04. The average Bonchev–Trinajstić information content (AvgIpc) is 2.82. The number of pyridine rings is 1. The molecule has 0 aliphatic heterocycles. The van der Waals surface area contributed by atoms with Crippen molar-refractivity contribution < 1.29 is 14.6 Å². The second-order valence-corrected chi connectivity index (χ2v) is 7.21. The van der Waals surface area contributed by atoms with Crippen LogP contribution in [0.2, 0.25) is 0 Å². The van der Waals surface area contributed by atoms with Crippen LogP contribution in [-0.2, 0) is 11.3 Å². The molecule has 1 heterocycles. The number of aliphatic hydroxyl groups excluding tert-OH is 1. The monoisotopic (exact) mass is 431 g/mol. The number of ether oxygens (including phenoxy) is 1. The molecule has 4 rings (SSSR count). The van der Waals surface area contributed by atoms with Gasteiger partial charge in [0.15, 0.2) is 0 Å². The molecule has 0 saturated carbocycles. The molecule has 1 aromatic heterocycles. The van der Waals surface area contributed by atoms with Gasteiger partial charge in [0, 0.05) is 36.2 Å². The van der Waals surface area contributed by atoms with Gasteiger partial charge in [-0.1, -0.05) is 24.3 Å². The van der Waals surface area contributed by atoms with E-state index in [1.807, 2.05) is 56.6 Å². The van der Waals surface area contributed by atoms with Gasteiger partial charge in [-0.15, -0.1) is 0 Å². The quantitative estimate of drug-likeness (QED) is 0.277. The number of carbonyl (C=O) groups excluding carboxylic acids is 1. The molecule has 0 unspecified atom stereocenters. The maximum absolute atomic E-state index is 11.7. The fraction of sp³-hybridized carbons (Fsp3) is 0.167. The molecule has 0 aliphatic carbocycles. The largest absolute Gasteiger partial charge is 0.453 e. The van der Waals surface area contributed by atoms with Crippen molar-refractivity contribution in [2.75, 3.05) is 42.5 Å². The van der Waals surface area contributed by atoms with E-state index in [0.29, 0.717) is 16.9 Å². The number of aliphatic hydroxyl groups is 1. The highest BCUT2D eigenvalue weighted by Crippen LogP contribution is 2.38. The van der Waals surface area contributed by atoms with Crippen molar-refractivity contribution in [1.29, 1.82) is 0 Å². The number of fused-ring (bicyclic) bond motifs is 2. The van der Waals surface area contributed by atoms with Gasteiger partial charge in [0.2, 0.25) is 0 Å². The Bertz CT molecular complexity index is 1240. The minimum Gasteiger partial charge on any atom is -0.453 e. The van der Waals surface area contributed by atoms with Crippen molar-refractivity contribution in [1.82, 2.24) is 4.98 Å². The molecule has 5 N–H and O–H groups in total. The molecule has 0 radical (unpaired) electrons. The third kappa shape index (κ3) is 3.95. The van der Waals surface area contributed by atoms with E-state index in [0.717, 1.165) is 38.9 Å². The topological polar surface area (TPSA) is 108 Å². The molecule has 8 heteroatoms. The number of nitrogens with zero attached hydrogens (tertiary/aromatic N) is 1. The van der Waals surface area contributed by atoms with Crippen LogP contribution in [0.3, 0.4) is 0 Å². The summed E-state index contributed by atoms with van der Waals surface area (Å²) in [5, 5.41) is 24.2. The fourth-order valence-corrected chi connectivity index (χ4v) is 3.77. The number of para-hydroxylation sites is 2. The van der Waals surface area contributed by atoms with Gasteiger partial charge in [-0.3, -0.25) is 5.32 Å². The van der Waals surface area contributed by atoms with Crippen LogP contribution in [0, 0.1) is 0 Å². The van der Waals surface area contributed by atoms with E-state index < -0.39 is 6.09 Å². The SMILES string of the molecule is CNc1cccc2c(Nc3cc(CO)cc(NC(=O)OC)c3)c3cccc(NC)c3nc12. The van der Waals surface area contributed by atoms with E-state index in [2.05, 4.69) is 21.3 Å². The van der Waals surface area contributed by atoms with Crippen LogP contribution in [-0.4, -0.2) is 37.4 Å². The lowest BCUT2D eigenvalue weighted by Gasteiger charge is -2.18. The van der Waals surface area contributed by atoms with Crippen LogP contribution in [0.5, 0.6) is 0 Å². The van der Waals surface area contributed by atoms with E-state index in [1.165, 1.54) is 7.11 Å². The maximum Gasteiger partial charge on any atom is 0.411 e. The molecule has 0 atom stereocenters. The Kier molecular flexibility index (Phi) is 5.96. The van der Waals surface area contributed by atoms with Crippen LogP contribution in [0.4, 0.5) is 33.2 Å². The Morgan fingerprint density at radius 3 is 2.06 bits per heavy atom. The van der Waals surface area contributed by atoms with Crippen molar-refractivity contribution >= 4 is 56.3 Å². The fourth-order valence-electron chi connectivity index (χ4n) is 3.77. The summed E-state index contributed by atoms with van der Waals surface area (Å²) in [5.41, 5.74) is 6.24. The van der Waals surface area contributed by atoms with E-state index in [4.69, 9.17) is 9.72 Å². The number of nitrogens with one attached hydrogen (secondary N) is 4. The molecule has 3 aromatic carbocycles. The molecule has 0 spiro atoms. The predicted octanol–water partition coefficient (Wildman–Crippen LogP) is 4.89. The van der Waals surface area contributed by atoms with Crippen molar-refractivity contribution in [2.45, 2.75) is 6.61 Å². The normalized spacial score (nSPS) is 10.8. The van der Waals surface area contributed by atoms with Crippen LogP contribution < -0.4 is 21.3 Å². The van der Waals surface area contributed by atoms with E-state index in [9.17, 15) is 9.90 Å². The van der Waals surface area contributed by atoms with Gasteiger partial charge in [-0.25, -0.2) is 9.78 Å². The first-order chi connectivity index (χ1) is 15.6. The first-order valence-electron chi connectivity index (χ1n) is 10.2. The van der Waals surface area contributed by atoms with Gasteiger partial charge >= 0.3 is 6.09 Å². The van der Waals surface area contributed by atoms with Gasteiger partial charge in [0.05, 0.1) is 41.8 Å². The van der Waals surface area contributed by atoms with Crippen molar-refractivity contribution in [3.63, 3.8) is 0 Å². The maximum atomic E-state index is 11.7. The summed E-state index contributed by atoms with van der Waals surface area (Å²) in [4.78, 5) is 16.6. The lowest BCUT2D eigenvalue weighted by molar-refractivity contribution is 0.187. The van der Waals surface area contributed by atoms with Crippen molar-refractivity contribution in [3.8, 4) is 0 Å². The van der Waals surface area contributed by atoms with Gasteiger partial charge in [0.25, 0.3) is 0 Å². The molecule has 0 bridgehead atoms. The minimum absolute atomic E-state index is 0.170. The summed E-state index contributed by atoms with van der Waals surface area (Å²) in [5.74, 6) is 0. The van der Waals surface area contributed by atoms with E-state index in [-0.39, 0.29) is 6.61 Å². The van der Waals surface area contributed by atoms with E-state index in [1.54, 1.807) is 12.1 Å². The molecule has 0 aliphatic rings. The molecule has 4 aromatic rings. The van der Waals surface area contributed by atoms with Crippen LogP contribution in [0.25, 0.3) is 21.8 Å². The molecule has 32 heavy (non-hydrogen) atoms. The zero-order valence-corrected chi connectivity index (χ0v) is 18.1. The summed E-state index contributed by atoms with van der Waals surface area (Å²) in [6.07, 6.45) is -0.580. The Morgan fingerprint density at radius 2 is 1.53 bits per heavy atom. The van der Waals surface area contributed by atoms with Gasteiger partial charge < -0.3 is 25.8 Å². The smallest absolute Gasteiger partial charge is 0.411 e. The molecule has 8 nitrogen and oxygen atoms in total. The Labute approximate surface area is 185 Å². The molecule has 164 valence electrons. The van der Waals surface area contributed by atoms with Crippen molar-refractivity contribution in [2.24, 2.45) is 0 Å². The lowest BCUT2D eigenvalue weighted by Crippen LogP contribution is -2.11. The van der Waals surface area contributed by atoms with E-state index >= 15 is 0 Å². The highest BCUT2D eigenvalue weighted by atomic mass is 16.5. The second-order valence-electron chi connectivity index (χ2n) is 7.21. The van der Waals surface area contributed by atoms with Gasteiger partial charge in [-0.05, 0) is 35.9 Å². The number of anilines is 5. The number of benzene rings is 3. The third-order valence-corrected chi connectivity index (χ3v) is 5.25. The second kappa shape index (κ2) is 8.99. The number of carbonyl (C=O) groups is 1. The number of methoxy groups -OCH3 is 1. The first kappa shape index (κ1) is 21.2. The summed E-state index contributed by atoms with van der Waals surface area (Å²) < 4.78 is 4.70. The standard InChI is InChI=1S/C24H25N5O3/c1-25-19-8-4-6-17-21(18-7-5-9-20(26-2)23(18)29-22(17)19)27-15-10-14(13-30)11-16(12-15)28-24(31)32-3/h4-12,25-26,30H,13H2,1-3H3,(H,27,29)(H,28,31). The highest BCUT2D eigenvalue weighted by molar-refractivity contribution is 6.14. The zero-order valence-electron chi connectivity index (χ0n) is 18.1. The number of hydrogen-bond donors (Lipinski definition) is 5. The van der Waals surface area contributed by atoms with Crippen LogP contribution in [0.15, 0.2) is 54.6 Å². The minimum atomic E-state index is -0.580. The first-order valence-corrected chi connectivity index (χ1v) is 10.2. The summed E-state index contributed by atoms with van der Waals surface area (Å²) >= 11 is 0. The Morgan fingerprint density at radius 1 is 0.938 bits per heavy atom. The number of hydrogen-bond acceptors (Lipinski definition) is 7.